The van der Waals surface area contributed by atoms with Crippen LogP contribution in [0.25, 0.3) is 0 Å². The highest BCUT2D eigenvalue weighted by Crippen LogP contribution is 2.37. The molecule has 1 aromatic rings. The van der Waals surface area contributed by atoms with Crippen LogP contribution in [0.5, 0.6) is 0 Å². The van der Waals surface area contributed by atoms with Gasteiger partial charge in [-0.3, -0.25) is 0 Å². The van der Waals surface area contributed by atoms with Crippen molar-refractivity contribution in [3.8, 4) is 0 Å². The van der Waals surface area contributed by atoms with E-state index in [2.05, 4.69) is 70.8 Å². The molecule has 23 heavy (non-hydrogen) atoms. The molecule has 4 nitrogen and oxygen atoms in total. The Morgan fingerprint density at radius 1 is 1.22 bits per heavy atom. The Bertz CT molecular complexity index is 518. The van der Waals surface area contributed by atoms with E-state index in [1.54, 1.807) is 0 Å². The predicted octanol–water partition coefficient (Wildman–Crippen LogP) is 4.22. The fourth-order valence-electron chi connectivity index (χ4n) is 2.56. The van der Waals surface area contributed by atoms with E-state index < -0.39 is 8.32 Å². The molecule has 0 spiro atoms. The topological polar surface area (TPSA) is 34.6 Å². The van der Waals surface area contributed by atoms with Gasteiger partial charge in [0.05, 0.1) is 24.5 Å². The van der Waals surface area contributed by atoms with E-state index in [0.29, 0.717) is 6.61 Å². The Hall–Kier alpha value is -0.913. The summed E-state index contributed by atoms with van der Waals surface area (Å²) in [6, 6.07) is 6.22. The molecule has 0 amide bonds. The van der Waals surface area contributed by atoms with Gasteiger partial charge in [-0.2, -0.15) is 0 Å². The molecule has 1 aliphatic rings. The van der Waals surface area contributed by atoms with Gasteiger partial charge in [-0.1, -0.05) is 26.8 Å². The van der Waals surface area contributed by atoms with Crippen LogP contribution in [-0.2, 0) is 15.8 Å². The van der Waals surface area contributed by atoms with E-state index in [9.17, 15) is 0 Å². The summed E-state index contributed by atoms with van der Waals surface area (Å²) in [7, 11) is -1.74. The van der Waals surface area contributed by atoms with E-state index in [1.807, 2.05) is 0 Å². The fourth-order valence-corrected chi connectivity index (χ4v) is 3.50. The summed E-state index contributed by atoms with van der Waals surface area (Å²) in [6.45, 7) is 18.0. The highest BCUT2D eigenvalue weighted by atomic mass is 28.4. The first kappa shape index (κ1) is 18.4. The summed E-state index contributed by atoms with van der Waals surface area (Å²) >= 11 is 0. The van der Waals surface area contributed by atoms with Gasteiger partial charge in [0.1, 0.15) is 5.82 Å². The van der Waals surface area contributed by atoms with Crippen LogP contribution < -0.4 is 4.90 Å². The monoisotopic (exact) mass is 336 g/mol. The van der Waals surface area contributed by atoms with Gasteiger partial charge < -0.3 is 14.1 Å². The van der Waals surface area contributed by atoms with Crippen LogP contribution in [0.2, 0.25) is 18.1 Å². The van der Waals surface area contributed by atoms with Crippen molar-refractivity contribution in [3.05, 3.63) is 23.9 Å². The minimum Gasteiger partial charge on any atom is -0.411 e. The maximum atomic E-state index is 6.30. The van der Waals surface area contributed by atoms with Crippen molar-refractivity contribution in [2.75, 3.05) is 18.0 Å². The first-order chi connectivity index (χ1) is 10.6. The maximum absolute atomic E-state index is 6.30. The number of hydrogen-bond donors (Lipinski definition) is 0. The summed E-state index contributed by atoms with van der Waals surface area (Å²) in [4.78, 5) is 7.13. The molecule has 0 N–H and O–H groups in total. The normalized spacial score (nSPS) is 23.2. The second-order valence-corrected chi connectivity index (χ2v) is 13.0. The molecule has 1 fully saturated rings. The predicted molar refractivity (Wildman–Crippen MR) is 98.4 cm³/mol. The average molecular weight is 337 g/mol. The minimum atomic E-state index is -1.74. The zero-order valence-corrected chi connectivity index (χ0v) is 16.7. The lowest BCUT2D eigenvalue weighted by molar-refractivity contribution is -0.00547. The van der Waals surface area contributed by atoms with Crippen molar-refractivity contribution in [2.45, 2.75) is 71.6 Å². The van der Waals surface area contributed by atoms with Crippen LogP contribution in [-0.4, -0.2) is 38.6 Å². The Labute approximate surface area is 142 Å². The molecule has 1 aliphatic heterocycles. The van der Waals surface area contributed by atoms with Gasteiger partial charge in [-0.25, -0.2) is 4.98 Å². The molecule has 2 rings (SSSR count). The molecule has 0 aromatic carbocycles. The maximum Gasteiger partial charge on any atom is 0.192 e. The molecule has 5 heteroatoms. The minimum absolute atomic E-state index is 0.222. The van der Waals surface area contributed by atoms with E-state index in [1.165, 1.54) is 0 Å². The average Bonchev–Trinajstić information content (AvgIpc) is 2.43. The summed E-state index contributed by atoms with van der Waals surface area (Å²) in [5.74, 6) is 1.03. The standard InChI is InChI=1S/C18H32N2O2Si/c1-14-11-20(12-15(2)22-14)17-10-8-9-16(19-17)13-21-23(6,7)18(3,4)5/h8-10,14-15H,11-13H2,1-7H3/t14-,15+. The second kappa shape index (κ2) is 6.91. The number of morpholine rings is 1. The van der Waals surface area contributed by atoms with Gasteiger partial charge in [0, 0.05) is 13.1 Å². The first-order valence-electron chi connectivity index (χ1n) is 8.59. The van der Waals surface area contributed by atoms with E-state index in [4.69, 9.17) is 14.1 Å². The van der Waals surface area contributed by atoms with E-state index in [-0.39, 0.29) is 17.2 Å². The molecule has 1 aromatic heterocycles. The third kappa shape index (κ3) is 4.78. The van der Waals surface area contributed by atoms with Crippen molar-refractivity contribution >= 4 is 14.1 Å². The van der Waals surface area contributed by atoms with Gasteiger partial charge in [-0.15, -0.1) is 0 Å². The number of rotatable bonds is 4. The molecule has 0 radical (unpaired) electrons. The van der Waals surface area contributed by atoms with E-state index in [0.717, 1.165) is 24.6 Å². The zero-order chi connectivity index (χ0) is 17.3. The fraction of sp³-hybridized carbons (Fsp3) is 0.722. The van der Waals surface area contributed by atoms with Gasteiger partial charge in [0.2, 0.25) is 0 Å². The first-order valence-corrected chi connectivity index (χ1v) is 11.5. The van der Waals surface area contributed by atoms with Gasteiger partial charge in [-0.05, 0) is 44.1 Å². The van der Waals surface area contributed by atoms with Crippen LogP contribution in [0.15, 0.2) is 18.2 Å². The van der Waals surface area contributed by atoms with Crippen LogP contribution in [0.4, 0.5) is 5.82 Å². The highest BCUT2D eigenvalue weighted by molar-refractivity contribution is 6.74. The van der Waals surface area contributed by atoms with Gasteiger partial charge >= 0.3 is 0 Å². The zero-order valence-electron chi connectivity index (χ0n) is 15.7. The molecule has 0 bridgehead atoms. The molecule has 0 aliphatic carbocycles. The largest absolute Gasteiger partial charge is 0.411 e. The van der Waals surface area contributed by atoms with Crippen molar-refractivity contribution in [2.24, 2.45) is 0 Å². The van der Waals surface area contributed by atoms with Crippen molar-refractivity contribution in [1.82, 2.24) is 4.98 Å². The summed E-state index contributed by atoms with van der Waals surface area (Å²) in [5, 5.41) is 0.222. The Morgan fingerprint density at radius 2 is 1.83 bits per heavy atom. The number of nitrogens with zero attached hydrogens (tertiary/aromatic N) is 2. The molecular formula is C18H32N2O2Si. The Balaban J connectivity index is 2.05. The molecular weight excluding hydrogens is 304 g/mol. The Kier molecular flexibility index (Phi) is 5.54. The van der Waals surface area contributed by atoms with Crippen LogP contribution in [0, 0.1) is 0 Å². The molecule has 2 atom stereocenters. The SMILES string of the molecule is C[C@@H]1CN(c2cccc(CO[Si](C)(C)C(C)(C)C)n2)C[C@H](C)O1. The van der Waals surface area contributed by atoms with Crippen molar-refractivity contribution in [3.63, 3.8) is 0 Å². The molecule has 0 saturated carbocycles. The third-order valence-corrected chi connectivity index (χ3v) is 9.40. The Morgan fingerprint density at radius 3 is 2.39 bits per heavy atom. The number of ether oxygens (including phenoxy) is 1. The van der Waals surface area contributed by atoms with Crippen LogP contribution >= 0.6 is 0 Å². The smallest absolute Gasteiger partial charge is 0.192 e. The van der Waals surface area contributed by atoms with Crippen molar-refractivity contribution < 1.29 is 9.16 Å². The highest BCUT2D eigenvalue weighted by Gasteiger charge is 2.37. The number of anilines is 1. The molecule has 0 unspecified atom stereocenters. The molecule has 1 saturated heterocycles. The molecule has 2 heterocycles. The van der Waals surface area contributed by atoms with Crippen LogP contribution in [0.1, 0.15) is 40.3 Å². The number of hydrogen-bond acceptors (Lipinski definition) is 4. The lowest BCUT2D eigenvalue weighted by Crippen LogP contribution is -2.46. The van der Waals surface area contributed by atoms with E-state index >= 15 is 0 Å². The lowest BCUT2D eigenvalue weighted by Gasteiger charge is -2.37. The number of aromatic nitrogens is 1. The van der Waals surface area contributed by atoms with Crippen LogP contribution in [0.3, 0.4) is 0 Å². The summed E-state index contributed by atoms with van der Waals surface area (Å²) < 4.78 is 12.1. The third-order valence-electron chi connectivity index (χ3n) is 4.92. The molecule has 130 valence electrons. The van der Waals surface area contributed by atoms with Gasteiger partial charge in [0.25, 0.3) is 0 Å². The summed E-state index contributed by atoms with van der Waals surface area (Å²) in [5.41, 5.74) is 1.01. The number of pyridine rings is 1. The van der Waals surface area contributed by atoms with Crippen molar-refractivity contribution in [1.29, 1.82) is 0 Å². The summed E-state index contributed by atoms with van der Waals surface area (Å²) in [6.07, 6.45) is 0.486. The lowest BCUT2D eigenvalue weighted by atomic mass is 10.2. The second-order valence-electron chi connectivity index (χ2n) is 8.20. The van der Waals surface area contributed by atoms with Gasteiger partial charge in [0.15, 0.2) is 8.32 Å². The quantitative estimate of drug-likeness (QED) is 0.771.